The summed E-state index contributed by atoms with van der Waals surface area (Å²) < 4.78 is 7.87. The van der Waals surface area contributed by atoms with Crippen molar-refractivity contribution in [2.75, 3.05) is 6.61 Å². The molecule has 1 unspecified atom stereocenters. The van der Waals surface area contributed by atoms with E-state index in [-0.39, 0.29) is 5.92 Å². The molecule has 2 heterocycles. The molecule has 1 atom stereocenters. The maximum absolute atomic E-state index is 5.96. The Morgan fingerprint density at radius 1 is 1.29 bits per heavy atom. The normalized spacial score (nSPS) is 12.3. The Balaban J connectivity index is 2.32. The number of aryl methyl sites for hydroxylation is 1. The van der Waals surface area contributed by atoms with Crippen LogP contribution in [-0.4, -0.2) is 21.0 Å². The standard InChI is InChI=1S/C19H21N3OS/c1-4-23-15-8-6-5-7-14(15)17-18(13(3)19(20)24)22-11-12(2)9-10-16(22)21-17/h5-11,13H,4H2,1-3H3,(H2,20,24). The van der Waals surface area contributed by atoms with Gasteiger partial charge in [0.1, 0.15) is 11.4 Å². The highest BCUT2D eigenvalue weighted by molar-refractivity contribution is 7.80. The second kappa shape index (κ2) is 6.61. The lowest BCUT2D eigenvalue weighted by molar-refractivity contribution is 0.341. The van der Waals surface area contributed by atoms with Crippen molar-refractivity contribution >= 4 is 22.9 Å². The fraction of sp³-hybridized carbons (Fsp3) is 0.263. The van der Waals surface area contributed by atoms with E-state index in [1.54, 1.807) is 0 Å². The average molecular weight is 339 g/mol. The third-order valence-corrected chi connectivity index (χ3v) is 4.44. The summed E-state index contributed by atoms with van der Waals surface area (Å²) in [7, 11) is 0. The summed E-state index contributed by atoms with van der Waals surface area (Å²) in [5.41, 5.74) is 10.8. The first kappa shape index (κ1) is 16.5. The number of ether oxygens (including phenoxy) is 1. The van der Waals surface area contributed by atoms with Crippen LogP contribution in [0, 0.1) is 6.92 Å². The fourth-order valence-electron chi connectivity index (χ4n) is 2.86. The van der Waals surface area contributed by atoms with Gasteiger partial charge in [0.2, 0.25) is 0 Å². The maximum atomic E-state index is 5.96. The van der Waals surface area contributed by atoms with Gasteiger partial charge in [0.25, 0.3) is 0 Å². The average Bonchev–Trinajstić information content (AvgIpc) is 2.93. The largest absolute Gasteiger partial charge is 0.493 e. The molecule has 0 aliphatic heterocycles. The summed E-state index contributed by atoms with van der Waals surface area (Å²) >= 11 is 5.26. The lowest BCUT2D eigenvalue weighted by Crippen LogP contribution is -2.18. The maximum Gasteiger partial charge on any atom is 0.137 e. The number of hydrogen-bond donors (Lipinski definition) is 1. The van der Waals surface area contributed by atoms with Gasteiger partial charge in [-0.15, -0.1) is 0 Å². The molecule has 24 heavy (non-hydrogen) atoms. The molecule has 0 saturated carbocycles. The summed E-state index contributed by atoms with van der Waals surface area (Å²) in [5, 5.41) is 0. The molecule has 124 valence electrons. The van der Waals surface area contributed by atoms with Crippen molar-refractivity contribution in [3.8, 4) is 17.0 Å². The van der Waals surface area contributed by atoms with E-state index in [0.717, 1.165) is 33.9 Å². The molecule has 2 N–H and O–H groups in total. The van der Waals surface area contributed by atoms with Crippen LogP contribution in [0.1, 0.15) is 31.0 Å². The molecule has 1 aromatic carbocycles. The molecule has 0 spiro atoms. The van der Waals surface area contributed by atoms with Gasteiger partial charge in [0.05, 0.1) is 23.0 Å². The molecule has 0 saturated heterocycles. The first-order chi connectivity index (χ1) is 11.5. The molecule has 0 aliphatic rings. The minimum absolute atomic E-state index is 0.0958. The van der Waals surface area contributed by atoms with Gasteiger partial charge in [-0.3, -0.25) is 0 Å². The Morgan fingerprint density at radius 2 is 2.04 bits per heavy atom. The zero-order valence-electron chi connectivity index (χ0n) is 14.1. The number of hydrogen-bond acceptors (Lipinski definition) is 3. The van der Waals surface area contributed by atoms with Gasteiger partial charge in [-0.05, 0) is 37.6 Å². The smallest absolute Gasteiger partial charge is 0.137 e. The molecule has 4 nitrogen and oxygen atoms in total. The van der Waals surface area contributed by atoms with E-state index in [4.69, 9.17) is 27.7 Å². The number of aromatic nitrogens is 2. The summed E-state index contributed by atoms with van der Waals surface area (Å²) in [6.45, 7) is 6.65. The number of nitrogens with two attached hydrogens (primary N) is 1. The predicted molar refractivity (Wildman–Crippen MR) is 102 cm³/mol. The minimum Gasteiger partial charge on any atom is -0.493 e. The molecule has 5 heteroatoms. The Kier molecular flexibility index (Phi) is 4.53. The van der Waals surface area contributed by atoms with Gasteiger partial charge in [-0.1, -0.05) is 37.3 Å². The molecule has 0 radical (unpaired) electrons. The Morgan fingerprint density at radius 3 is 2.75 bits per heavy atom. The Bertz CT molecular complexity index is 901. The van der Waals surface area contributed by atoms with Crippen LogP contribution < -0.4 is 10.5 Å². The van der Waals surface area contributed by atoms with Crippen molar-refractivity contribution in [2.24, 2.45) is 5.73 Å². The number of fused-ring (bicyclic) bond motifs is 1. The minimum atomic E-state index is -0.0958. The lowest BCUT2D eigenvalue weighted by Gasteiger charge is -2.14. The predicted octanol–water partition coefficient (Wildman–Crippen LogP) is 4.10. The summed E-state index contributed by atoms with van der Waals surface area (Å²) in [6.07, 6.45) is 2.07. The van der Waals surface area contributed by atoms with Gasteiger partial charge in [-0.25, -0.2) is 4.98 Å². The highest BCUT2D eigenvalue weighted by atomic mass is 32.1. The van der Waals surface area contributed by atoms with E-state index < -0.39 is 0 Å². The molecular formula is C19H21N3OS. The van der Waals surface area contributed by atoms with Crippen molar-refractivity contribution < 1.29 is 4.74 Å². The SMILES string of the molecule is CCOc1ccccc1-c1nc2ccc(C)cn2c1C(C)C(N)=S. The number of thiocarbonyl (C=S) groups is 1. The van der Waals surface area contributed by atoms with Gasteiger partial charge < -0.3 is 14.9 Å². The quantitative estimate of drug-likeness (QED) is 0.711. The second-order valence-electron chi connectivity index (χ2n) is 5.83. The van der Waals surface area contributed by atoms with Crippen LogP contribution in [0.25, 0.3) is 16.9 Å². The van der Waals surface area contributed by atoms with Crippen molar-refractivity contribution in [1.82, 2.24) is 9.38 Å². The second-order valence-corrected chi connectivity index (χ2v) is 6.30. The van der Waals surface area contributed by atoms with E-state index in [0.29, 0.717) is 11.6 Å². The van der Waals surface area contributed by atoms with Crippen LogP contribution in [0.15, 0.2) is 42.6 Å². The van der Waals surface area contributed by atoms with E-state index in [2.05, 4.69) is 23.6 Å². The van der Waals surface area contributed by atoms with E-state index >= 15 is 0 Å². The topological polar surface area (TPSA) is 52.5 Å². The zero-order chi connectivity index (χ0) is 17.3. The molecule has 0 fully saturated rings. The highest BCUT2D eigenvalue weighted by Gasteiger charge is 2.23. The van der Waals surface area contributed by atoms with Crippen molar-refractivity contribution in [3.05, 3.63) is 53.9 Å². The van der Waals surface area contributed by atoms with E-state index in [9.17, 15) is 0 Å². The molecular weight excluding hydrogens is 318 g/mol. The first-order valence-corrected chi connectivity index (χ1v) is 8.43. The molecule has 0 bridgehead atoms. The Labute approximate surface area is 147 Å². The third kappa shape index (κ3) is 2.87. The number of pyridine rings is 1. The van der Waals surface area contributed by atoms with E-state index in [1.807, 2.05) is 44.2 Å². The van der Waals surface area contributed by atoms with E-state index in [1.165, 1.54) is 0 Å². The highest BCUT2D eigenvalue weighted by Crippen LogP contribution is 2.35. The van der Waals surface area contributed by atoms with Crippen molar-refractivity contribution in [1.29, 1.82) is 0 Å². The van der Waals surface area contributed by atoms with Crippen LogP contribution in [0.5, 0.6) is 5.75 Å². The van der Waals surface area contributed by atoms with Gasteiger partial charge in [-0.2, -0.15) is 0 Å². The third-order valence-electron chi connectivity index (χ3n) is 4.08. The van der Waals surface area contributed by atoms with Crippen molar-refractivity contribution in [2.45, 2.75) is 26.7 Å². The molecule has 3 rings (SSSR count). The van der Waals surface area contributed by atoms with Crippen LogP contribution in [0.4, 0.5) is 0 Å². The van der Waals surface area contributed by atoms with Gasteiger partial charge in [0.15, 0.2) is 0 Å². The molecule has 2 aromatic heterocycles. The fourth-order valence-corrected chi connectivity index (χ4v) is 2.97. The monoisotopic (exact) mass is 339 g/mol. The van der Waals surface area contributed by atoms with Gasteiger partial charge >= 0.3 is 0 Å². The van der Waals surface area contributed by atoms with Gasteiger partial charge in [0, 0.05) is 17.7 Å². The number of imidazole rings is 1. The zero-order valence-corrected chi connectivity index (χ0v) is 14.9. The number of benzene rings is 1. The van der Waals surface area contributed by atoms with Crippen LogP contribution in [-0.2, 0) is 0 Å². The molecule has 0 amide bonds. The van der Waals surface area contributed by atoms with Crippen LogP contribution >= 0.6 is 12.2 Å². The van der Waals surface area contributed by atoms with Crippen LogP contribution in [0.3, 0.4) is 0 Å². The summed E-state index contributed by atoms with van der Waals surface area (Å²) in [5.74, 6) is 0.720. The number of nitrogens with zero attached hydrogens (tertiary/aromatic N) is 2. The molecule has 3 aromatic rings. The number of para-hydroxylation sites is 1. The Hall–Kier alpha value is -2.40. The lowest BCUT2D eigenvalue weighted by atomic mass is 10.0. The summed E-state index contributed by atoms with van der Waals surface area (Å²) in [4.78, 5) is 5.29. The summed E-state index contributed by atoms with van der Waals surface area (Å²) in [6, 6.07) is 12.0. The van der Waals surface area contributed by atoms with Crippen LogP contribution in [0.2, 0.25) is 0 Å². The first-order valence-electron chi connectivity index (χ1n) is 8.03. The number of rotatable bonds is 5. The molecule has 0 aliphatic carbocycles. The van der Waals surface area contributed by atoms with Crippen molar-refractivity contribution in [3.63, 3.8) is 0 Å².